The Labute approximate surface area is 149 Å². The van der Waals surface area contributed by atoms with E-state index < -0.39 is 0 Å². The summed E-state index contributed by atoms with van der Waals surface area (Å²) in [4.78, 5) is 24.7. The molecule has 0 aliphatic carbocycles. The van der Waals surface area contributed by atoms with Gasteiger partial charge in [0.2, 0.25) is 0 Å². The Morgan fingerprint density at radius 3 is 2.72 bits per heavy atom. The van der Waals surface area contributed by atoms with Crippen molar-refractivity contribution in [1.29, 1.82) is 0 Å². The first-order valence-corrected chi connectivity index (χ1v) is 8.87. The predicted octanol–water partition coefficient (Wildman–Crippen LogP) is 3.06. The van der Waals surface area contributed by atoms with E-state index in [9.17, 15) is 9.59 Å². The molecule has 130 valence electrons. The van der Waals surface area contributed by atoms with Crippen molar-refractivity contribution in [3.63, 3.8) is 0 Å². The molecule has 0 unspecified atom stereocenters. The average Bonchev–Trinajstić information content (AvgIpc) is 3.06. The standard InChI is InChI=1S/C18H18N2O4S/c1-12-6-7-13(24-12)10-19-17(21)14-4-2-3-5-15(14)20-18(22)16-11-25-9-8-23-16/h2-7,11H,8-10H2,1H3,(H,19,21)(H,20,22). The molecule has 2 aromatic rings. The summed E-state index contributed by atoms with van der Waals surface area (Å²) in [5, 5.41) is 7.20. The highest BCUT2D eigenvalue weighted by Gasteiger charge is 2.18. The van der Waals surface area contributed by atoms with Crippen LogP contribution in [0.15, 0.2) is 52.0 Å². The number of carbonyl (C=O) groups is 2. The van der Waals surface area contributed by atoms with E-state index >= 15 is 0 Å². The van der Waals surface area contributed by atoms with Crippen LogP contribution in [-0.4, -0.2) is 24.2 Å². The molecule has 3 rings (SSSR count). The molecule has 1 aromatic heterocycles. The summed E-state index contributed by atoms with van der Waals surface area (Å²) in [6.07, 6.45) is 0. The fourth-order valence-corrected chi connectivity index (χ4v) is 2.93. The van der Waals surface area contributed by atoms with Crippen molar-refractivity contribution >= 4 is 29.3 Å². The maximum Gasteiger partial charge on any atom is 0.291 e. The van der Waals surface area contributed by atoms with E-state index in [-0.39, 0.29) is 24.1 Å². The van der Waals surface area contributed by atoms with Crippen LogP contribution in [0.5, 0.6) is 0 Å². The van der Waals surface area contributed by atoms with E-state index in [1.54, 1.807) is 29.7 Å². The van der Waals surface area contributed by atoms with Crippen molar-refractivity contribution in [2.24, 2.45) is 0 Å². The van der Waals surface area contributed by atoms with Crippen LogP contribution in [0.1, 0.15) is 21.9 Å². The summed E-state index contributed by atoms with van der Waals surface area (Å²) in [6.45, 7) is 2.62. The quantitative estimate of drug-likeness (QED) is 0.859. The molecule has 7 heteroatoms. The number of furan rings is 1. The minimum atomic E-state index is -0.367. The van der Waals surface area contributed by atoms with Crippen molar-refractivity contribution in [1.82, 2.24) is 5.32 Å². The number of thioether (sulfide) groups is 1. The largest absolute Gasteiger partial charge is 0.487 e. The molecule has 0 spiro atoms. The molecule has 0 bridgehead atoms. The van der Waals surface area contributed by atoms with Crippen LogP contribution < -0.4 is 10.6 Å². The van der Waals surface area contributed by atoms with Crippen LogP contribution in [0.4, 0.5) is 5.69 Å². The summed E-state index contributed by atoms with van der Waals surface area (Å²) >= 11 is 1.52. The van der Waals surface area contributed by atoms with Crippen LogP contribution in [0.25, 0.3) is 0 Å². The van der Waals surface area contributed by atoms with Gasteiger partial charge in [-0.05, 0) is 31.2 Å². The topological polar surface area (TPSA) is 80.6 Å². The number of benzene rings is 1. The molecule has 1 aliphatic rings. The first-order valence-electron chi connectivity index (χ1n) is 7.82. The zero-order valence-electron chi connectivity index (χ0n) is 13.7. The number of ether oxygens (including phenoxy) is 1. The van der Waals surface area contributed by atoms with Crippen molar-refractivity contribution in [2.75, 3.05) is 17.7 Å². The molecule has 25 heavy (non-hydrogen) atoms. The highest BCUT2D eigenvalue weighted by molar-refractivity contribution is 8.02. The second kappa shape index (κ2) is 7.94. The number of hydrogen-bond donors (Lipinski definition) is 2. The summed E-state index contributed by atoms with van der Waals surface area (Å²) < 4.78 is 10.8. The molecule has 0 saturated heterocycles. The first kappa shape index (κ1) is 17.2. The lowest BCUT2D eigenvalue weighted by Gasteiger charge is -2.15. The molecular formula is C18H18N2O4S. The van der Waals surface area contributed by atoms with Crippen LogP contribution >= 0.6 is 11.8 Å². The number of rotatable bonds is 5. The Hall–Kier alpha value is -2.67. The number of nitrogens with one attached hydrogen (secondary N) is 2. The number of anilines is 1. The van der Waals surface area contributed by atoms with Gasteiger partial charge in [-0.25, -0.2) is 0 Å². The molecule has 2 N–H and O–H groups in total. The van der Waals surface area contributed by atoms with Crippen molar-refractivity contribution in [2.45, 2.75) is 13.5 Å². The SMILES string of the molecule is Cc1ccc(CNC(=O)c2ccccc2NC(=O)C2=CSCCO2)o1. The summed E-state index contributed by atoms with van der Waals surface area (Å²) in [7, 11) is 0. The van der Waals surface area contributed by atoms with E-state index in [1.165, 1.54) is 11.8 Å². The highest BCUT2D eigenvalue weighted by atomic mass is 32.2. The van der Waals surface area contributed by atoms with Gasteiger partial charge in [0.25, 0.3) is 11.8 Å². The van der Waals surface area contributed by atoms with Gasteiger partial charge in [0.05, 0.1) is 24.4 Å². The van der Waals surface area contributed by atoms with Crippen LogP contribution in [-0.2, 0) is 16.1 Å². The zero-order chi connectivity index (χ0) is 17.6. The van der Waals surface area contributed by atoms with Gasteiger partial charge in [-0.3, -0.25) is 9.59 Å². The summed E-state index contributed by atoms with van der Waals surface area (Å²) in [5.74, 6) is 1.88. The van der Waals surface area contributed by atoms with Gasteiger partial charge >= 0.3 is 0 Å². The van der Waals surface area contributed by atoms with Crippen molar-refractivity contribution < 1.29 is 18.7 Å². The van der Waals surface area contributed by atoms with Gasteiger partial charge < -0.3 is 19.8 Å². The third kappa shape index (κ3) is 4.45. The lowest BCUT2D eigenvalue weighted by Crippen LogP contribution is -2.25. The maximum atomic E-state index is 12.4. The van der Waals surface area contributed by atoms with Gasteiger partial charge in [0, 0.05) is 11.2 Å². The average molecular weight is 358 g/mol. The van der Waals surface area contributed by atoms with Gasteiger partial charge in [0.15, 0.2) is 5.76 Å². The molecule has 2 amide bonds. The third-order valence-electron chi connectivity index (χ3n) is 3.51. The number of hydrogen-bond acceptors (Lipinski definition) is 5. The lowest BCUT2D eigenvalue weighted by atomic mass is 10.1. The van der Waals surface area contributed by atoms with Gasteiger partial charge in [-0.2, -0.15) is 0 Å². The fourth-order valence-electron chi connectivity index (χ4n) is 2.30. The number of para-hydroxylation sites is 1. The Morgan fingerprint density at radius 1 is 1.16 bits per heavy atom. The Balaban J connectivity index is 1.68. The summed E-state index contributed by atoms with van der Waals surface area (Å²) in [6, 6.07) is 10.5. The Bertz CT molecular complexity index is 813. The molecule has 0 saturated carbocycles. The van der Waals surface area contributed by atoms with Crippen molar-refractivity contribution in [3.8, 4) is 0 Å². The minimum absolute atomic E-state index is 0.262. The van der Waals surface area contributed by atoms with E-state index in [1.807, 2.05) is 19.1 Å². The molecule has 6 nitrogen and oxygen atoms in total. The minimum Gasteiger partial charge on any atom is -0.487 e. The Kier molecular flexibility index (Phi) is 5.45. The maximum absolute atomic E-state index is 12.4. The predicted molar refractivity (Wildman–Crippen MR) is 96.2 cm³/mol. The zero-order valence-corrected chi connectivity index (χ0v) is 14.5. The fraction of sp³-hybridized carbons (Fsp3) is 0.222. The molecule has 0 atom stereocenters. The van der Waals surface area contributed by atoms with E-state index in [0.29, 0.717) is 23.6 Å². The highest BCUT2D eigenvalue weighted by Crippen LogP contribution is 2.20. The second-order valence-electron chi connectivity index (χ2n) is 5.40. The Morgan fingerprint density at radius 2 is 2.00 bits per heavy atom. The third-order valence-corrected chi connectivity index (χ3v) is 4.30. The molecule has 0 fully saturated rings. The molecule has 1 aliphatic heterocycles. The smallest absolute Gasteiger partial charge is 0.291 e. The lowest BCUT2D eigenvalue weighted by molar-refractivity contribution is -0.116. The van der Waals surface area contributed by atoms with E-state index in [2.05, 4.69) is 10.6 Å². The van der Waals surface area contributed by atoms with Crippen LogP contribution in [0.3, 0.4) is 0 Å². The van der Waals surface area contributed by atoms with E-state index in [4.69, 9.17) is 9.15 Å². The molecule has 1 aromatic carbocycles. The molecular weight excluding hydrogens is 340 g/mol. The van der Waals surface area contributed by atoms with Crippen LogP contribution in [0, 0.1) is 6.92 Å². The monoisotopic (exact) mass is 358 g/mol. The molecule has 2 heterocycles. The van der Waals surface area contributed by atoms with E-state index in [0.717, 1.165) is 11.5 Å². The first-order chi connectivity index (χ1) is 12.1. The van der Waals surface area contributed by atoms with Crippen LogP contribution in [0.2, 0.25) is 0 Å². The number of carbonyl (C=O) groups excluding carboxylic acids is 2. The normalized spacial score (nSPS) is 13.6. The van der Waals surface area contributed by atoms with Gasteiger partial charge in [-0.15, -0.1) is 11.8 Å². The molecule has 0 radical (unpaired) electrons. The second-order valence-corrected chi connectivity index (χ2v) is 6.37. The number of amides is 2. The van der Waals surface area contributed by atoms with Crippen molar-refractivity contribution in [3.05, 3.63) is 64.6 Å². The number of aryl methyl sites for hydroxylation is 1. The van der Waals surface area contributed by atoms with Gasteiger partial charge in [-0.1, -0.05) is 12.1 Å². The summed E-state index contributed by atoms with van der Waals surface area (Å²) in [5.41, 5.74) is 0.809. The van der Waals surface area contributed by atoms with Gasteiger partial charge in [0.1, 0.15) is 11.5 Å².